The summed E-state index contributed by atoms with van der Waals surface area (Å²) in [5.41, 5.74) is 7.17. The molecule has 6 aromatic rings. The van der Waals surface area contributed by atoms with E-state index in [9.17, 15) is 0 Å². The fourth-order valence-electron chi connectivity index (χ4n) is 6.94. The Labute approximate surface area is 263 Å². The molecule has 0 N–H and O–H groups in total. The monoisotopic (exact) mass is 610 g/mol. The van der Waals surface area contributed by atoms with E-state index in [1.165, 1.54) is 32.5 Å². The minimum absolute atomic E-state index is 0.172. The first-order valence-electron chi connectivity index (χ1n) is 14.9. The van der Waals surface area contributed by atoms with Crippen molar-refractivity contribution in [1.82, 2.24) is 18.9 Å². The number of thiophene rings is 1. The Hall–Kier alpha value is -3.98. The van der Waals surface area contributed by atoms with Crippen LogP contribution in [0.15, 0.2) is 77.0 Å². The summed E-state index contributed by atoms with van der Waals surface area (Å²) in [5, 5.41) is 4.46. The minimum Gasteiger partial charge on any atom is -0.496 e. The van der Waals surface area contributed by atoms with Gasteiger partial charge in [-0.2, -0.15) is 0 Å². The third-order valence-corrected chi connectivity index (χ3v) is 9.71. The lowest BCUT2D eigenvalue weighted by Crippen LogP contribution is -2.40. The molecule has 0 aliphatic rings. The zero-order valence-corrected chi connectivity index (χ0v) is 27.7. The summed E-state index contributed by atoms with van der Waals surface area (Å²) in [5.74, 6) is 2.81. The van der Waals surface area contributed by atoms with Gasteiger partial charge in [-0.15, -0.1) is 11.3 Å². The molecule has 230 valence electrons. The third-order valence-electron chi connectivity index (χ3n) is 8.81. The van der Waals surface area contributed by atoms with E-state index in [1.807, 2.05) is 12.1 Å². The number of methoxy groups -OCH3 is 2. The molecule has 0 spiro atoms. The van der Waals surface area contributed by atoms with E-state index in [0.29, 0.717) is 0 Å². The van der Waals surface area contributed by atoms with Gasteiger partial charge in [0.25, 0.3) is 0 Å². The summed E-state index contributed by atoms with van der Waals surface area (Å²) in [7, 11) is 16.5. The molecule has 2 atom stereocenters. The summed E-state index contributed by atoms with van der Waals surface area (Å²) in [6, 6.07) is 16.9. The maximum Gasteiger partial charge on any atom is 0.135 e. The molecule has 0 aliphatic carbocycles. The summed E-state index contributed by atoms with van der Waals surface area (Å²) < 4.78 is 22.4. The Morgan fingerprint density at radius 3 is 2.11 bits per heavy atom. The molecule has 2 aromatic carbocycles. The predicted octanol–water partition coefficient (Wildman–Crippen LogP) is 7.49. The fourth-order valence-corrected chi connectivity index (χ4v) is 7.69. The van der Waals surface area contributed by atoms with Crippen LogP contribution in [0.2, 0.25) is 0 Å². The number of rotatable bonds is 11. The number of hydrogen-bond acceptors (Lipinski definition) is 6. The van der Waals surface area contributed by atoms with Crippen molar-refractivity contribution in [2.45, 2.75) is 18.4 Å². The van der Waals surface area contributed by atoms with Crippen molar-refractivity contribution >= 4 is 33.1 Å². The highest BCUT2D eigenvalue weighted by Gasteiger charge is 2.32. The van der Waals surface area contributed by atoms with Crippen molar-refractivity contribution in [2.24, 2.45) is 14.1 Å². The van der Waals surface area contributed by atoms with Crippen LogP contribution >= 0.6 is 11.3 Å². The molecule has 0 amide bonds. The van der Waals surface area contributed by atoms with E-state index >= 15 is 0 Å². The second kappa shape index (κ2) is 12.2. The molecule has 2 unspecified atom stereocenters. The van der Waals surface area contributed by atoms with Gasteiger partial charge in [0.15, 0.2) is 0 Å². The number of furan rings is 1. The van der Waals surface area contributed by atoms with Crippen LogP contribution in [0.4, 0.5) is 0 Å². The van der Waals surface area contributed by atoms with Crippen LogP contribution in [0.5, 0.6) is 11.5 Å². The van der Waals surface area contributed by atoms with E-state index in [2.05, 4.69) is 115 Å². The number of aryl methyl sites for hydroxylation is 2. The number of nitrogens with zero attached hydrogens (tertiary/aromatic N) is 4. The van der Waals surface area contributed by atoms with E-state index in [0.717, 1.165) is 46.7 Å². The van der Waals surface area contributed by atoms with Crippen LogP contribution in [0.25, 0.3) is 43.6 Å². The average Bonchev–Trinajstić information content (AvgIpc) is 3.82. The second-order valence-electron chi connectivity index (χ2n) is 12.1. The first kappa shape index (κ1) is 30.1. The molecule has 0 fully saturated rings. The van der Waals surface area contributed by atoms with E-state index in [4.69, 9.17) is 13.9 Å². The van der Waals surface area contributed by atoms with Crippen molar-refractivity contribution in [2.75, 3.05) is 49.0 Å². The van der Waals surface area contributed by atoms with Gasteiger partial charge in [-0.05, 0) is 93.6 Å². The van der Waals surface area contributed by atoms with Gasteiger partial charge >= 0.3 is 0 Å². The molecule has 4 aromatic heterocycles. The molecule has 7 nitrogen and oxygen atoms in total. The van der Waals surface area contributed by atoms with E-state index in [1.54, 1.807) is 31.8 Å². The molecule has 6 rings (SSSR count). The highest BCUT2D eigenvalue weighted by atomic mass is 32.1. The lowest BCUT2D eigenvalue weighted by molar-refractivity contribution is 0.219. The first-order valence-corrected chi connectivity index (χ1v) is 15.8. The van der Waals surface area contributed by atoms with E-state index < -0.39 is 0 Å². The summed E-state index contributed by atoms with van der Waals surface area (Å²) in [4.78, 5) is 5.93. The number of aromatic nitrogens is 2. The zero-order chi connectivity index (χ0) is 31.1. The molecule has 0 radical (unpaired) electrons. The van der Waals surface area contributed by atoms with Gasteiger partial charge in [0.05, 0.1) is 31.5 Å². The highest BCUT2D eigenvalue weighted by Crippen LogP contribution is 2.44. The van der Waals surface area contributed by atoms with Crippen LogP contribution in [-0.2, 0) is 20.5 Å². The lowest BCUT2D eigenvalue weighted by Gasteiger charge is -2.34. The average molecular weight is 611 g/mol. The Kier molecular flexibility index (Phi) is 8.33. The van der Waals surface area contributed by atoms with Crippen LogP contribution in [-0.4, -0.2) is 73.9 Å². The predicted molar refractivity (Wildman–Crippen MR) is 182 cm³/mol. The molecule has 0 bridgehead atoms. The Balaban J connectivity index is 1.53. The topological polar surface area (TPSA) is 47.9 Å². The summed E-state index contributed by atoms with van der Waals surface area (Å²) in [6.45, 7) is 0.873. The smallest absolute Gasteiger partial charge is 0.135 e. The van der Waals surface area contributed by atoms with E-state index in [-0.39, 0.29) is 12.0 Å². The fraction of sp³-hybridized carbons (Fsp3) is 0.333. The Bertz CT molecular complexity index is 1880. The molecule has 0 aliphatic heterocycles. The number of hydrogen-bond donors (Lipinski definition) is 0. The summed E-state index contributed by atoms with van der Waals surface area (Å²) >= 11 is 1.77. The SMILES string of the molecule is COc1ccc(-c2cccs2)c2c1c(CC(C(CN(C)C)c1cn(C)c3c(-c4ccco4)ccc(OC)c13)N(C)C)cn2C. The van der Waals surface area contributed by atoms with Gasteiger partial charge in [0.2, 0.25) is 0 Å². The number of likely N-dealkylation sites (N-methyl/N-ethyl adjacent to an activating group) is 2. The molecule has 0 saturated heterocycles. The Morgan fingerprint density at radius 2 is 1.50 bits per heavy atom. The van der Waals surface area contributed by atoms with Crippen LogP contribution in [0, 0.1) is 0 Å². The van der Waals surface area contributed by atoms with Crippen LogP contribution < -0.4 is 9.47 Å². The van der Waals surface area contributed by atoms with Gasteiger partial charge in [-0.3, -0.25) is 0 Å². The number of fused-ring (bicyclic) bond motifs is 2. The molecular weight excluding hydrogens is 568 g/mol. The second-order valence-corrected chi connectivity index (χ2v) is 13.0. The first-order chi connectivity index (χ1) is 21.2. The van der Waals surface area contributed by atoms with Crippen LogP contribution in [0.3, 0.4) is 0 Å². The number of benzene rings is 2. The van der Waals surface area contributed by atoms with Gasteiger partial charge in [-0.1, -0.05) is 6.07 Å². The normalized spacial score (nSPS) is 13.4. The van der Waals surface area contributed by atoms with Crippen molar-refractivity contribution < 1.29 is 13.9 Å². The van der Waals surface area contributed by atoms with Gasteiger partial charge < -0.3 is 32.8 Å². The molecular formula is C36H42N4O3S. The maximum absolute atomic E-state index is 6.02. The zero-order valence-electron chi connectivity index (χ0n) is 26.9. The van der Waals surface area contributed by atoms with Gasteiger partial charge in [0.1, 0.15) is 17.3 Å². The molecule has 4 heterocycles. The molecule has 0 saturated carbocycles. The number of ether oxygens (including phenoxy) is 2. The molecule has 8 heteroatoms. The largest absolute Gasteiger partial charge is 0.496 e. The summed E-state index contributed by atoms with van der Waals surface area (Å²) in [6.07, 6.45) is 7.17. The third kappa shape index (κ3) is 5.21. The quantitative estimate of drug-likeness (QED) is 0.152. The van der Waals surface area contributed by atoms with Crippen molar-refractivity contribution in [3.8, 4) is 33.3 Å². The maximum atomic E-state index is 6.02. The van der Waals surface area contributed by atoms with Gasteiger partial charge in [0, 0.05) is 71.8 Å². The minimum atomic E-state index is 0.172. The van der Waals surface area contributed by atoms with Crippen molar-refractivity contribution in [1.29, 1.82) is 0 Å². The Morgan fingerprint density at radius 1 is 0.818 bits per heavy atom. The standard InChI is InChI=1S/C36H42N4O3S/c1-37(2)21-26(27-22-40(6)35-24(29-11-9-17-43-29)13-15-31(42-8)34(27)35)28(38(3)4)19-23-20-39(5)36-25(32-12-10-18-44-32)14-16-30(41-7)33(23)36/h9-18,20,22,26,28H,19,21H2,1-8H3. The lowest BCUT2D eigenvalue weighted by atomic mass is 9.85. The highest BCUT2D eigenvalue weighted by molar-refractivity contribution is 7.13. The van der Waals surface area contributed by atoms with Crippen molar-refractivity contribution in [3.63, 3.8) is 0 Å². The van der Waals surface area contributed by atoms with Crippen LogP contribution in [0.1, 0.15) is 17.0 Å². The molecule has 44 heavy (non-hydrogen) atoms. The van der Waals surface area contributed by atoms with Crippen molar-refractivity contribution in [3.05, 3.63) is 83.7 Å². The van der Waals surface area contributed by atoms with Gasteiger partial charge in [-0.25, -0.2) is 0 Å².